The molecule has 104 valence electrons. The Morgan fingerprint density at radius 3 is 2.89 bits per heavy atom. The number of hydrogen-bond acceptors (Lipinski definition) is 2. The summed E-state index contributed by atoms with van der Waals surface area (Å²) in [5, 5.41) is 2.95. The van der Waals surface area contributed by atoms with Crippen LogP contribution in [0.2, 0.25) is 0 Å². The Kier molecular flexibility index (Phi) is 4.91. The normalized spacial score (nSPS) is 14.7. The molecule has 1 amide bonds. The van der Waals surface area contributed by atoms with E-state index in [9.17, 15) is 9.18 Å². The highest BCUT2D eigenvalue weighted by molar-refractivity contribution is 5.78. The van der Waals surface area contributed by atoms with Crippen molar-refractivity contribution >= 4 is 5.91 Å². The van der Waals surface area contributed by atoms with E-state index >= 15 is 0 Å². The molecule has 4 heteroatoms. The maximum atomic E-state index is 13.1. The van der Waals surface area contributed by atoms with Gasteiger partial charge in [-0.25, -0.2) is 4.39 Å². The maximum absolute atomic E-state index is 13.1. The summed E-state index contributed by atoms with van der Waals surface area (Å²) in [5.41, 5.74) is 0.900. The molecule has 2 rings (SSSR count). The molecule has 0 bridgehead atoms. The first kappa shape index (κ1) is 14.0. The molecule has 0 radical (unpaired) electrons. The van der Waals surface area contributed by atoms with Crippen molar-refractivity contribution in [3.8, 4) is 0 Å². The van der Waals surface area contributed by atoms with Gasteiger partial charge in [0.05, 0.1) is 6.54 Å². The van der Waals surface area contributed by atoms with Crippen LogP contribution in [-0.4, -0.2) is 30.4 Å². The molecule has 0 aromatic heterocycles. The number of carbonyl (C=O) groups is 1. The highest BCUT2D eigenvalue weighted by atomic mass is 19.1. The first-order valence-corrected chi connectivity index (χ1v) is 6.91. The summed E-state index contributed by atoms with van der Waals surface area (Å²) in [4.78, 5) is 13.8. The van der Waals surface area contributed by atoms with E-state index in [0.717, 1.165) is 18.7 Å². The van der Waals surface area contributed by atoms with Crippen molar-refractivity contribution in [3.05, 3.63) is 35.6 Å². The van der Waals surface area contributed by atoms with E-state index in [4.69, 9.17) is 0 Å². The number of amides is 1. The van der Waals surface area contributed by atoms with Gasteiger partial charge in [0.25, 0.3) is 0 Å². The van der Waals surface area contributed by atoms with E-state index in [1.165, 1.54) is 25.0 Å². The van der Waals surface area contributed by atoms with Gasteiger partial charge in [-0.2, -0.15) is 0 Å². The second kappa shape index (κ2) is 6.66. The second-order valence-electron chi connectivity index (χ2n) is 5.18. The molecule has 0 unspecified atom stereocenters. The molecule has 0 saturated heterocycles. The van der Waals surface area contributed by atoms with Crippen molar-refractivity contribution in [2.24, 2.45) is 5.92 Å². The smallest absolute Gasteiger partial charge is 0.234 e. The molecule has 1 aliphatic rings. The lowest BCUT2D eigenvalue weighted by Gasteiger charge is -2.20. The molecule has 0 heterocycles. The third-order valence-corrected chi connectivity index (χ3v) is 3.39. The van der Waals surface area contributed by atoms with Crippen LogP contribution in [0.5, 0.6) is 0 Å². The molecule has 1 aromatic rings. The Bertz CT molecular complexity index is 432. The van der Waals surface area contributed by atoms with Crippen molar-refractivity contribution in [2.75, 3.05) is 19.6 Å². The van der Waals surface area contributed by atoms with Crippen LogP contribution in [0.15, 0.2) is 24.3 Å². The van der Waals surface area contributed by atoms with Crippen LogP contribution in [0.1, 0.15) is 25.3 Å². The third-order valence-electron chi connectivity index (χ3n) is 3.39. The number of nitrogens with one attached hydrogen (secondary N) is 1. The monoisotopic (exact) mass is 264 g/mol. The van der Waals surface area contributed by atoms with Crippen LogP contribution < -0.4 is 5.32 Å². The second-order valence-corrected chi connectivity index (χ2v) is 5.18. The first-order valence-electron chi connectivity index (χ1n) is 6.91. The van der Waals surface area contributed by atoms with Gasteiger partial charge in [0.15, 0.2) is 0 Å². The predicted octanol–water partition coefficient (Wildman–Crippen LogP) is 2.17. The number of rotatable bonds is 7. The van der Waals surface area contributed by atoms with Crippen LogP contribution in [0, 0.1) is 11.7 Å². The van der Waals surface area contributed by atoms with Gasteiger partial charge in [-0.1, -0.05) is 19.1 Å². The van der Waals surface area contributed by atoms with Gasteiger partial charge in [0, 0.05) is 13.1 Å². The number of hydrogen-bond donors (Lipinski definition) is 1. The van der Waals surface area contributed by atoms with Crippen molar-refractivity contribution in [3.63, 3.8) is 0 Å². The average molecular weight is 264 g/mol. The van der Waals surface area contributed by atoms with E-state index in [-0.39, 0.29) is 11.7 Å². The highest BCUT2D eigenvalue weighted by Gasteiger charge is 2.21. The number of nitrogens with zero attached hydrogens (tertiary/aromatic N) is 1. The predicted molar refractivity (Wildman–Crippen MR) is 73.1 cm³/mol. The summed E-state index contributed by atoms with van der Waals surface area (Å²) in [7, 11) is 0. The van der Waals surface area contributed by atoms with Gasteiger partial charge >= 0.3 is 0 Å². The van der Waals surface area contributed by atoms with Crippen LogP contribution in [0.25, 0.3) is 0 Å². The minimum atomic E-state index is -0.230. The van der Waals surface area contributed by atoms with Crippen LogP contribution in [-0.2, 0) is 11.3 Å². The average Bonchev–Trinajstić information content (AvgIpc) is 3.19. The highest BCUT2D eigenvalue weighted by Crippen LogP contribution is 2.27. The molecule has 3 nitrogen and oxygen atoms in total. The molecule has 0 spiro atoms. The van der Waals surface area contributed by atoms with E-state index in [0.29, 0.717) is 19.0 Å². The summed E-state index contributed by atoms with van der Waals surface area (Å²) in [6, 6.07) is 6.53. The summed E-state index contributed by atoms with van der Waals surface area (Å²) in [6.45, 7) is 4.56. The van der Waals surface area contributed by atoms with Gasteiger partial charge in [-0.3, -0.25) is 9.69 Å². The quantitative estimate of drug-likeness (QED) is 0.818. The zero-order valence-corrected chi connectivity index (χ0v) is 11.4. The van der Waals surface area contributed by atoms with Crippen molar-refractivity contribution in [1.82, 2.24) is 10.2 Å². The molecule has 1 N–H and O–H groups in total. The van der Waals surface area contributed by atoms with Gasteiger partial charge in [0.1, 0.15) is 5.82 Å². The number of likely N-dealkylation sites (N-methyl/N-ethyl adjacent to an activating group) is 1. The maximum Gasteiger partial charge on any atom is 0.234 e. The zero-order chi connectivity index (χ0) is 13.7. The van der Waals surface area contributed by atoms with Gasteiger partial charge < -0.3 is 5.32 Å². The molecule has 1 aliphatic carbocycles. The molecular weight excluding hydrogens is 243 g/mol. The number of carbonyl (C=O) groups excluding carboxylic acids is 1. The van der Waals surface area contributed by atoms with Crippen LogP contribution >= 0.6 is 0 Å². The number of halogens is 1. The zero-order valence-electron chi connectivity index (χ0n) is 11.4. The first-order chi connectivity index (χ1) is 9.17. The largest absolute Gasteiger partial charge is 0.355 e. The van der Waals surface area contributed by atoms with E-state index < -0.39 is 0 Å². The van der Waals surface area contributed by atoms with Crippen molar-refractivity contribution in [1.29, 1.82) is 0 Å². The van der Waals surface area contributed by atoms with Gasteiger partial charge in [0.2, 0.25) is 5.91 Å². The molecule has 19 heavy (non-hydrogen) atoms. The molecule has 0 atom stereocenters. The summed E-state index contributed by atoms with van der Waals surface area (Å²) < 4.78 is 13.1. The van der Waals surface area contributed by atoms with E-state index in [1.54, 1.807) is 6.07 Å². The lowest BCUT2D eigenvalue weighted by molar-refractivity contribution is -0.122. The van der Waals surface area contributed by atoms with Gasteiger partial charge in [-0.15, -0.1) is 0 Å². The Hall–Kier alpha value is -1.42. The summed E-state index contributed by atoms with van der Waals surface area (Å²) in [6.07, 6.45) is 2.47. The lowest BCUT2D eigenvalue weighted by atomic mass is 10.2. The van der Waals surface area contributed by atoms with Crippen LogP contribution in [0.4, 0.5) is 4.39 Å². The van der Waals surface area contributed by atoms with Crippen molar-refractivity contribution in [2.45, 2.75) is 26.3 Å². The SMILES string of the molecule is CCN(CC(=O)NCC1CC1)Cc1cccc(F)c1. The van der Waals surface area contributed by atoms with E-state index in [1.807, 2.05) is 17.9 Å². The molecule has 1 saturated carbocycles. The Balaban J connectivity index is 1.79. The topological polar surface area (TPSA) is 32.3 Å². The molecule has 1 aromatic carbocycles. The van der Waals surface area contributed by atoms with Crippen LogP contribution in [0.3, 0.4) is 0 Å². The standard InChI is InChI=1S/C15H21FN2O/c1-2-18(10-13-4-3-5-14(16)8-13)11-15(19)17-9-12-6-7-12/h3-5,8,12H,2,6-7,9-11H2,1H3,(H,17,19). The fourth-order valence-corrected chi connectivity index (χ4v) is 2.01. The Morgan fingerprint density at radius 1 is 1.47 bits per heavy atom. The number of benzene rings is 1. The molecular formula is C15H21FN2O. The van der Waals surface area contributed by atoms with E-state index in [2.05, 4.69) is 5.32 Å². The van der Waals surface area contributed by atoms with Crippen molar-refractivity contribution < 1.29 is 9.18 Å². The minimum Gasteiger partial charge on any atom is -0.355 e. The Morgan fingerprint density at radius 2 is 2.26 bits per heavy atom. The third kappa shape index (κ3) is 4.99. The fraction of sp³-hybridized carbons (Fsp3) is 0.533. The summed E-state index contributed by atoms with van der Waals surface area (Å²) in [5.74, 6) is 0.527. The summed E-state index contributed by atoms with van der Waals surface area (Å²) >= 11 is 0. The fourth-order valence-electron chi connectivity index (χ4n) is 2.01. The Labute approximate surface area is 113 Å². The molecule has 1 fully saturated rings. The molecule has 0 aliphatic heterocycles. The van der Waals surface area contributed by atoms with Gasteiger partial charge in [-0.05, 0) is 43.0 Å². The minimum absolute atomic E-state index is 0.0603. The lowest BCUT2D eigenvalue weighted by Crippen LogP contribution is -2.37.